The Kier molecular flexibility index (Phi) is 5.14. The first-order valence-electron chi connectivity index (χ1n) is 8.03. The molecule has 1 amide bonds. The van der Waals surface area contributed by atoms with Crippen LogP contribution in [0.4, 0.5) is 5.69 Å². The number of aromatic nitrogens is 3. The van der Waals surface area contributed by atoms with Gasteiger partial charge in [-0.25, -0.2) is 9.48 Å². The first kappa shape index (κ1) is 17.8. The lowest BCUT2D eigenvalue weighted by Crippen LogP contribution is -2.34. The van der Waals surface area contributed by atoms with Crippen molar-refractivity contribution >= 4 is 23.2 Å². The highest BCUT2D eigenvalue weighted by Gasteiger charge is 2.18. The molecule has 0 aliphatic rings. The van der Waals surface area contributed by atoms with Gasteiger partial charge in [-0.05, 0) is 43.7 Å². The fourth-order valence-electron chi connectivity index (χ4n) is 2.46. The zero-order valence-electron chi connectivity index (χ0n) is 14.3. The summed E-state index contributed by atoms with van der Waals surface area (Å²) in [6.07, 6.45) is 1.46. The maximum Gasteiger partial charge on any atom is 0.365 e. The van der Waals surface area contributed by atoms with Gasteiger partial charge in [-0.1, -0.05) is 35.9 Å². The van der Waals surface area contributed by atoms with Crippen LogP contribution in [0.15, 0.2) is 59.5 Å². The number of anilines is 1. The van der Waals surface area contributed by atoms with Crippen LogP contribution < -0.4 is 11.0 Å². The third-order valence-corrected chi connectivity index (χ3v) is 4.14. The first-order valence-corrected chi connectivity index (χ1v) is 8.41. The van der Waals surface area contributed by atoms with E-state index in [2.05, 4.69) is 15.4 Å². The summed E-state index contributed by atoms with van der Waals surface area (Å²) in [5.41, 5.74) is 2.25. The normalized spacial score (nSPS) is 11.8. The zero-order chi connectivity index (χ0) is 18.7. The Balaban J connectivity index is 1.81. The second kappa shape index (κ2) is 7.49. The molecule has 0 saturated heterocycles. The summed E-state index contributed by atoms with van der Waals surface area (Å²) >= 11 is 5.86. The average Bonchev–Trinajstić information content (AvgIpc) is 2.61. The van der Waals surface area contributed by atoms with Crippen LogP contribution in [0.5, 0.6) is 0 Å². The predicted molar refractivity (Wildman–Crippen MR) is 101 cm³/mol. The molecule has 132 valence electrons. The number of nitrogens with one attached hydrogen (secondary N) is 1. The minimum Gasteiger partial charge on any atom is -0.324 e. The van der Waals surface area contributed by atoms with Crippen LogP contribution in [0, 0.1) is 6.92 Å². The quantitative estimate of drug-likeness (QED) is 0.765. The summed E-state index contributed by atoms with van der Waals surface area (Å²) < 4.78 is 1.06. The SMILES string of the molecule is Cc1cccc(NC(=O)C(C)n2ncc(-c3ccc(Cl)cc3)nc2=O)c1. The second-order valence-electron chi connectivity index (χ2n) is 5.91. The molecule has 0 aliphatic carbocycles. The molecule has 3 aromatic rings. The molecule has 0 spiro atoms. The van der Waals surface area contributed by atoms with E-state index >= 15 is 0 Å². The van der Waals surface area contributed by atoms with Gasteiger partial charge in [0, 0.05) is 16.3 Å². The van der Waals surface area contributed by atoms with Crippen molar-refractivity contribution in [1.82, 2.24) is 14.8 Å². The van der Waals surface area contributed by atoms with Crippen molar-refractivity contribution in [3.63, 3.8) is 0 Å². The number of benzene rings is 2. The van der Waals surface area contributed by atoms with Crippen molar-refractivity contribution in [2.75, 3.05) is 5.32 Å². The lowest BCUT2D eigenvalue weighted by molar-refractivity contribution is -0.119. The van der Waals surface area contributed by atoms with Gasteiger partial charge < -0.3 is 5.32 Å². The van der Waals surface area contributed by atoms with Crippen LogP contribution >= 0.6 is 11.6 Å². The van der Waals surface area contributed by atoms with Crippen molar-refractivity contribution in [2.45, 2.75) is 19.9 Å². The molecule has 2 aromatic carbocycles. The summed E-state index contributed by atoms with van der Waals surface area (Å²) in [4.78, 5) is 28.8. The monoisotopic (exact) mass is 368 g/mol. The molecule has 0 saturated carbocycles. The smallest absolute Gasteiger partial charge is 0.324 e. The molecule has 0 radical (unpaired) electrons. The number of rotatable bonds is 4. The Bertz CT molecular complexity index is 999. The van der Waals surface area contributed by atoms with Gasteiger partial charge in [-0.15, -0.1) is 0 Å². The number of nitrogens with zero attached hydrogens (tertiary/aromatic N) is 3. The second-order valence-corrected chi connectivity index (χ2v) is 6.35. The molecule has 0 bridgehead atoms. The molecule has 1 unspecified atom stereocenters. The fraction of sp³-hybridized carbons (Fsp3) is 0.158. The summed E-state index contributed by atoms with van der Waals surface area (Å²) in [6.45, 7) is 3.54. The van der Waals surface area contributed by atoms with Gasteiger partial charge in [-0.2, -0.15) is 10.1 Å². The number of aryl methyl sites for hydroxylation is 1. The molecule has 1 N–H and O–H groups in total. The number of amides is 1. The summed E-state index contributed by atoms with van der Waals surface area (Å²) in [5, 5.41) is 7.48. The molecule has 3 rings (SSSR count). The van der Waals surface area contributed by atoms with Gasteiger partial charge in [0.25, 0.3) is 0 Å². The predicted octanol–water partition coefficient (Wildman–Crippen LogP) is 3.47. The number of halogens is 1. The van der Waals surface area contributed by atoms with E-state index in [0.717, 1.165) is 15.8 Å². The topological polar surface area (TPSA) is 76.9 Å². The summed E-state index contributed by atoms with van der Waals surface area (Å²) in [7, 11) is 0. The summed E-state index contributed by atoms with van der Waals surface area (Å²) in [5.74, 6) is -0.341. The van der Waals surface area contributed by atoms with Gasteiger partial charge in [0.2, 0.25) is 5.91 Å². The van der Waals surface area contributed by atoms with Crippen molar-refractivity contribution in [2.24, 2.45) is 0 Å². The maximum atomic E-state index is 12.4. The van der Waals surface area contributed by atoms with Crippen molar-refractivity contribution < 1.29 is 4.79 Å². The molecule has 7 heteroatoms. The minimum absolute atomic E-state index is 0.341. The van der Waals surface area contributed by atoms with Crippen molar-refractivity contribution in [3.8, 4) is 11.3 Å². The largest absolute Gasteiger partial charge is 0.365 e. The van der Waals surface area contributed by atoms with Crippen LogP contribution in [0.1, 0.15) is 18.5 Å². The van der Waals surface area contributed by atoms with E-state index in [-0.39, 0.29) is 5.91 Å². The standard InChI is InChI=1S/C19H17ClN4O2/c1-12-4-3-5-16(10-12)22-18(25)13(2)24-19(26)23-17(11-21-24)14-6-8-15(20)9-7-14/h3-11,13H,1-2H3,(H,22,25). The van der Waals surface area contributed by atoms with Crippen LogP contribution in [0.2, 0.25) is 5.02 Å². The Labute approximate surface area is 155 Å². The Hall–Kier alpha value is -2.99. The summed E-state index contributed by atoms with van der Waals surface area (Å²) in [6, 6.07) is 13.6. The van der Waals surface area contributed by atoms with Crippen LogP contribution in [0.25, 0.3) is 11.3 Å². The van der Waals surface area contributed by atoms with Crippen molar-refractivity contribution in [3.05, 3.63) is 75.8 Å². The molecule has 0 fully saturated rings. The average molecular weight is 369 g/mol. The van der Waals surface area contributed by atoms with E-state index in [1.54, 1.807) is 37.3 Å². The van der Waals surface area contributed by atoms with Gasteiger partial charge in [0.1, 0.15) is 6.04 Å². The highest BCUT2D eigenvalue weighted by Crippen LogP contribution is 2.18. The van der Waals surface area contributed by atoms with E-state index in [1.807, 2.05) is 25.1 Å². The number of hydrogen-bond donors (Lipinski definition) is 1. The van der Waals surface area contributed by atoms with E-state index in [9.17, 15) is 9.59 Å². The Morgan fingerprint density at radius 1 is 1.19 bits per heavy atom. The lowest BCUT2D eigenvalue weighted by atomic mass is 10.2. The Morgan fingerprint density at radius 3 is 2.58 bits per heavy atom. The van der Waals surface area contributed by atoms with Gasteiger partial charge in [0.15, 0.2) is 0 Å². The molecular formula is C19H17ClN4O2. The van der Waals surface area contributed by atoms with E-state index in [0.29, 0.717) is 16.4 Å². The third kappa shape index (κ3) is 3.97. The highest BCUT2D eigenvalue weighted by atomic mass is 35.5. The van der Waals surface area contributed by atoms with Crippen molar-refractivity contribution in [1.29, 1.82) is 0 Å². The molecule has 26 heavy (non-hydrogen) atoms. The number of hydrogen-bond acceptors (Lipinski definition) is 4. The zero-order valence-corrected chi connectivity index (χ0v) is 15.1. The fourth-order valence-corrected chi connectivity index (χ4v) is 2.58. The van der Waals surface area contributed by atoms with Crippen LogP contribution in [-0.2, 0) is 4.79 Å². The van der Waals surface area contributed by atoms with E-state index in [1.165, 1.54) is 6.20 Å². The molecule has 1 atom stereocenters. The molecular weight excluding hydrogens is 352 g/mol. The first-order chi connectivity index (χ1) is 12.4. The number of carbonyl (C=O) groups is 1. The van der Waals surface area contributed by atoms with Gasteiger partial charge >= 0.3 is 5.69 Å². The highest BCUT2D eigenvalue weighted by molar-refractivity contribution is 6.30. The van der Waals surface area contributed by atoms with Gasteiger partial charge in [0.05, 0.1) is 11.9 Å². The number of carbonyl (C=O) groups excluding carboxylic acids is 1. The lowest BCUT2D eigenvalue weighted by Gasteiger charge is -2.14. The van der Waals surface area contributed by atoms with Crippen LogP contribution in [0.3, 0.4) is 0 Å². The minimum atomic E-state index is -0.796. The third-order valence-electron chi connectivity index (χ3n) is 3.89. The Morgan fingerprint density at radius 2 is 1.92 bits per heavy atom. The molecule has 0 aliphatic heterocycles. The molecule has 1 aromatic heterocycles. The van der Waals surface area contributed by atoms with Crippen LogP contribution in [-0.4, -0.2) is 20.7 Å². The molecule has 6 nitrogen and oxygen atoms in total. The van der Waals surface area contributed by atoms with E-state index in [4.69, 9.17) is 11.6 Å². The molecule has 1 heterocycles. The maximum absolute atomic E-state index is 12.4. The van der Waals surface area contributed by atoms with E-state index < -0.39 is 11.7 Å². The van der Waals surface area contributed by atoms with Gasteiger partial charge in [-0.3, -0.25) is 4.79 Å².